The summed E-state index contributed by atoms with van der Waals surface area (Å²) in [7, 11) is 1.45. The molecule has 0 saturated heterocycles. The predicted molar refractivity (Wildman–Crippen MR) is 101 cm³/mol. The van der Waals surface area contributed by atoms with Crippen LogP contribution in [0.4, 0.5) is 10.1 Å². The van der Waals surface area contributed by atoms with Crippen molar-refractivity contribution < 1.29 is 33.8 Å². The van der Waals surface area contributed by atoms with E-state index < -0.39 is 34.0 Å². The minimum atomic E-state index is -1.09. The Morgan fingerprint density at radius 3 is 2.63 bits per heavy atom. The molecule has 0 unspecified atom stereocenters. The topological polar surface area (TPSA) is 142 Å². The maximum Gasteiger partial charge on any atom is 0.371 e. The third-order valence-corrected chi connectivity index (χ3v) is 4.43. The van der Waals surface area contributed by atoms with E-state index in [9.17, 15) is 34.7 Å². The Morgan fingerprint density at radius 1 is 1.30 bits per heavy atom. The lowest BCUT2D eigenvalue weighted by Crippen LogP contribution is -2.34. The number of phenolic OH excluding ortho intramolecular Hbond substituents is 2. The summed E-state index contributed by atoms with van der Waals surface area (Å²) in [5, 5.41) is 43.0. The molecule has 0 bridgehead atoms. The third kappa shape index (κ3) is 3.36. The molecule has 1 aromatic carbocycles. The van der Waals surface area contributed by atoms with Gasteiger partial charge in [-0.2, -0.15) is 0 Å². The molecule has 11 heteroatoms. The summed E-state index contributed by atoms with van der Waals surface area (Å²) >= 11 is 0. The van der Waals surface area contributed by atoms with Crippen LogP contribution in [-0.2, 0) is 11.8 Å². The van der Waals surface area contributed by atoms with Crippen molar-refractivity contribution in [1.82, 2.24) is 4.57 Å². The number of hydrogen-bond donors (Lipinski definition) is 2. The summed E-state index contributed by atoms with van der Waals surface area (Å²) in [4.78, 5) is 22.8. The molecule has 10 nitrogen and oxygen atoms in total. The molecule has 0 spiro atoms. The summed E-state index contributed by atoms with van der Waals surface area (Å²) in [6.07, 6.45) is 0. The Kier molecular flexibility index (Phi) is 5.28. The molecule has 0 aliphatic carbocycles. The standard InChI is InChI=1S/C19H16FN3O7/c1-3-30-19(26)11-9-13(10-7-14(23(28)29)18(25)15(24)8-10)21(2)17(11)12-5-4-6-16(20)22(12)27/h4-9,24-25H,3H2,1-2H3. The van der Waals surface area contributed by atoms with Gasteiger partial charge in [-0.15, -0.1) is 9.12 Å². The molecular formula is C19H16FN3O7. The van der Waals surface area contributed by atoms with Gasteiger partial charge in [0, 0.05) is 36.5 Å². The van der Waals surface area contributed by atoms with Crippen LogP contribution in [-0.4, -0.2) is 32.3 Å². The highest BCUT2D eigenvalue weighted by Crippen LogP contribution is 2.41. The number of carbonyl (C=O) groups is 1. The van der Waals surface area contributed by atoms with E-state index in [0.29, 0.717) is 0 Å². The number of aromatic nitrogens is 2. The number of carbonyl (C=O) groups excluding carboxylic acids is 1. The summed E-state index contributed by atoms with van der Waals surface area (Å²) in [5.74, 6) is -3.55. The second-order valence-corrected chi connectivity index (χ2v) is 6.22. The Hall–Kier alpha value is -4.15. The van der Waals surface area contributed by atoms with Crippen LogP contribution in [0, 0.1) is 21.3 Å². The molecule has 0 radical (unpaired) electrons. The fraction of sp³-hybridized carbons (Fsp3) is 0.158. The largest absolute Gasteiger partial charge is 0.616 e. The highest BCUT2D eigenvalue weighted by Gasteiger charge is 2.29. The van der Waals surface area contributed by atoms with Crippen molar-refractivity contribution in [1.29, 1.82) is 0 Å². The van der Waals surface area contributed by atoms with Crippen molar-refractivity contribution in [3.05, 3.63) is 63.2 Å². The van der Waals surface area contributed by atoms with E-state index >= 15 is 0 Å². The van der Waals surface area contributed by atoms with E-state index in [1.165, 1.54) is 29.8 Å². The van der Waals surface area contributed by atoms with Crippen LogP contribution in [0.25, 0.3) is 22.6 Å². The normalized spacial score (nSPS) is 10.8. The van der Waals surface area contributed by atoms with Gasteiger partial charge < -0.3 is 24.7 Å². The van der Waals surface area contributed by atoms with Crippen LogP contribution >= 0.6 is 0 Å². The van der Waals surface area contributed by atoms with E-state index in [1.807, 2.05) is 0 Å². The molecule has 2 heterocycles. The van der Waals surface area contributed by atoms with Crippen LogP contribution in [0.3, 0.4) is 0 Å². The fourth-order valence-corrected chi connectivity index (χ4v) is 3.09. The van der Waals surface area contributed by atoms with Crippen LogP contribution in [0.15, 0.2) is 36.4 Å². The number of pyridine rings is 1. The van der Waals surface area contributed by atoms with Gasteiger partial charge in [0.15, 0.2) is 5.75 Å². The monoisotopic (exact) mass is 417 g/mol. The average molecular weight is 417 g/mol. The minimum absolute atomic E-state index is 0.00141. The van der Waals surface area contributed by atoms with Gasteiger partial charge in [0.2, 0.25) is 11.4 Å². The van der Waals surface area contributed by atoms with Crippen molar-refractivity contribution in [2.75, 3.05) is 6.61 Å². The van der Waals surface area contributed by atoms with Crippen LogP contribution in [0.1, 0.15) is 17.3 Å². The van der Waals surface area contributed by atoms with Gasteiger partial charge in [-0.3, -0.25) is 10.1 Å². The zero-order chi connectivity index (χ0) is 22.2. The van der Waals surface area contributed by atoms with Gasteiger partial charge >= 0.3 is 17.6 Å². The number of benzene rings is 1. The number of phenols is 2. The maximum absolute atomic E-state index is 13.8. The van der Waals surface area contributed by atoms with Gasteiger partial charge in [-0.25, -0.2) is 4.79 Å². The molecule has 30 heavy (non-hydrogen) atoms. The van der Waals surface area contributed by atoms with E-state index in [1.54, 1.807) is 6.92 Å². The third-order valence-electron chi connectivity index (χ3n) is 4.43. The molecule has 0 atom stereocenters. The maximum atomic E-state index is 13.8. The van der Waals surface area contributed by atoms with E-state index in [0.717, 1.165) is 18.2 Å². The molecular weight excluding hydrogens is 401 g/mol. The molecule has 2 aromatic heterocycles. The first kappa shape index (κ1) is 20.6. The van der Waals surface area contributed by atoms with Gasteiger partial charge in [-0.05, 0) is 25.1 Å². The first-order valence-electron chi connectivity index (χ1n) is 8.63. The number of ether oxygens (including phenoxy) is 1. The van der Waals surface area contributed by atoms with Crippen molar-refractivity contribution >= 4 is 11.7 Å². The molecule has 0 aliphatic heterocycles. The number of halogens is 1. The molecule has 3 rings (SSSR count). The Balaban J connectivity index is 2.33. The van der Waals surface area contributed by atoms with Crippen molar-refractivity contribution in [3.8, 4) is 34.1 Å². The van der Waals surface area contributed by atoms with Gasteiger partial charge in [-0.1, -0.05) is 0 Å². The first-order valence-corrected chi connectivity index (χ1v) is 8.63. The van der Waals surface area contributed by atoms with Crippen LogP contribution in [0.2, 0.25) is 0 Å². The van der Waals surface area contributed by atoms with Crippen LogP contribution in [0.5, 0.6) is 11.5 Å². The van der Waals surface area contributed by atoms with Gasteiger partial charge in [0.05, 0.1) is 17.1 Å². The zero-order valence-corrected chi connectivity index (χ0v) is 15.8. The van der Waals surface area contributed by atoms with Crippen molar-refractivity contribution in [2.24, 2.45) is 7.05 Å². The molecule has 0 fully saturated rings. The Bertz CT molecular complexity index is 1170. The fourth-order valence-electron chi connectivity index (χ4n) is 3.09. The van der Waals surface area contributed by atoms with E-state index in [-0.39, 0.29) is 39.5 Å². The minimum Gasteiger partial charge on any atom is -0.616 e. The summed E-state index contributed by atoms with van der Waals surface area (Å²) in [6.45, 7) is 1.62. The summed E-state index contributed by atoms with van der Waals surface area (Å²) in [5.41, 5.74) is -0.770. The Labute approximate surface area is 168 Å². The lowest BCUT2D eigenvalue weighted by Gasteiger charge is -2.10. The second kappa shape index (κ2) is 7.70. The zero-order valence-electron chi connectivity index (χ0n) is 15.8. The number of nitro groups is 1. The SMILES string of the molecule is CCOC(=O)c1cc(-c2cc(O)c(O)c([N+](=O)[O-])c2)n(C)c1-c1cccc(F)[n+]1[O-]. The van der Waals surface area contributed by atoms with Crippen molar-refractivity contribution in [2.45, 2.75) is 6.92 Å². The van der Waals surface area contributed by atoms with Crippen molar-refractivity contribution in [3.63, 3.8) is 0 Å². The average Bonchev–Trinajstić information content (AvgIpc) is 3.03. The Morgan fingerprint density at radius 2 is 2.00 bits per heavy atom. The number of esters is 1. The number of nitro benzene ring substituents is 1. The van der Waals surface area contributed by atoms with Gasteiger partial charge in [0.1, 0.15) is 5.69 Å². The first-order chi connectivity index (χ1) is 14.2. The summed E-state index contributed by atoms with van der Waals surface area (Å²) < 4.78 is 20.2. The smallest absolute Gasteiger partial charge is 0.371 e. The quantitative estimate of drug-likeness (QED) is 0.124. The highest BCUT2D eigenvalue weighted by atomic mass is 19.1. The molecule has 3 aromatic rings. The number of aromatic hydroxyl groups is 2. The molecule has 0 aliphatic rings. The van der Waals surface area contributed by atoms with Gasteiger partial charge in [0.25, 0.3) is 0 Å². The van der Waals surface area contributed by atoms with E-state index in [4.69, 9.17) is 4.74 Å². The highest BCUT2D eigenvalue weighted by molar-refractivity contribution is 5.98. The number of rotatable bonds is 5. The van der Waals surface area contributed by atoms with Crippen LogP contribution < -0.4 is 4.73 Å². The summed E-state index contributed by atoms with van der Waals surface area (Å²) in [6, 6.07) is 6.90. The number of hydrogen-bond acceptors (Lipinski definition) is 7. The lowest BCUT2D eigenvalue weighted by molar-refractivity contribution is -0.626. The molecule has 156 valence electrons. The molecule has 0 amide bonds. The molecule has 0 saturated carbocycles. The second-order valence-electron chi connectivity index (χ2n) is 6.22. The predicted octanol–water partition coefficient (Wildman–Crippen LogP) is 2.63. The number of nitrogens with zero attached hydrogens (tertiary/aromatic N) is 3. The lowest BCUT2D eigenvalue weighted by atomic mass is 10.1. The molecule has 2 N–H and O–H groups in total. The van der Waals surface area contributed by atoms with E-state index in [2.05, 4.69) is 0 Å².